The molecule has 88 valence electrons. The Bertz CT molecular complexity index is 430. The van der Waals surface area contributed by atoms with Gasteiger partial charge >= 0.3 is 5.97 Å². The molecular formula is C13H14N2O2. The Hall–Kier alpha value is -2.28. The summed E-state index contributed by atoms with van der Waals surface area (Å²) in [4.78, 5) is 10.2. The number of hydrogen-bond acceptors (Lipinski definition) is 3. The molecule has 0 aliphatic rings. The lowest BCUT2D eigenvalue weighted by molar-refractivity contribution is -0.131. The van der Waals surface area contributed by atoms with Crippen molar-refractivity contribution in [1.82, 2.24) is 0 Å². The van der Waals surface area contributed by atoms with Gasteiger partial charge < -0.3 is 10.4 Å². The number of anilines is 1. The number of carboxylic acids is 1. The van der Waals surface area contributed by atoms with Crippen molar-refractivity contribution in [2.75, 3.05) is 11.9 Å². The molecule has 17 heavy (non-hydrogen) atoms. The normalized spacial score (nSPS) is 10.1. The Labute approximate surface area is 100 Å². The predicted molar refractivity (Wildman–Crippen MR) is 65.7 cm³/mol. The second-order valence-electron chi connectivity index (χ2n) is 3.50. The summed E-state index contributed by atoms with van der Waals surface area (Å²) in [5, 5.41) is 20.2. The molecule has 0 bridgehead atoms. The van der Waals surface area contributed by atoms with Crippen molar-refractivity contribution in [3.05, 3.63) is 42.0 Å². The fourth-order valence-electron chi connectivity index (χ4n) is 1.30. The van der Waals surface area contributed by atoms with Gasteiger partial charge in [-0.05, 0) is 37.1 Å². The van der Waals surface area contributed by atoms with Crippen LogP contribution in [0, 0.1) is 11.3 Å². The number of benzene rings is 1. The third kappa shape index (κ3) is 5.38. The van der Waals surface area contributed by atoms with Crippen molar-refractivity contribution >= 4 is 11.7 Å². The quantitative estimate of drug-likeness (QED) is 0.581. The van der Waals surface area contributed by atoms with E-state index in [-0.39, 0.29) is 0 Å². The van der Waals surface area contributed by atoms with Crippen molar-refractivity contribution in [2.45, 2.75) is 12.8 Å². The van der Waals surface area contributed by atoms with Crippen LogP contribution >= 0.6 is 0 Å². The Kier molecular flexibility index (Phi) is 5.32. The average Bonchev–Trinajstić information content (AvgIpc) is 2.34. The van der Waals surface area contributed by atoms with Gasteiger partial charge in [-0.25, -0.2) is 4.79 Å². The van der Waals surface area contributed by atoms with E-state index in [0.29, 0.717) is 5.56 Å². The van der Waals surface area contributed by atoms with Crippen LogP contribution in [0.1, 0.15) is 18.4 Å². The number of nitriles is 1. The summed E-state index contributed by atoms with van der Waals surface area (Å²) in [5.41, 5.74) is 1.60. The summed E-state index contributed by atoms with van der Waals surface area (Å²) in [6.45, 7) is 0.774. The van der Waals surface area contributed by atoms with Crippen LogP contribution in [0.5, 0.6) is 0 Å². The first-order chi connectivity index (χ1) is 8.22. The molecule has 0 saturated heterocycles. The smallest absolute Gasteiger partial charge is 0.327 e. The van der Waals surface area contributed by atoms with Gasteiger partial charge in [0.15, 0.2) is 0 Å². The van der Waals surface area contributed by atoms with Gasteiger partial charge in [-0.15, -0.1) is 0 Å². The molecule has 0 saturated carbocycles. The van der Waals surface area contributed by atoms with Crippen LogP contribution in [-0.2, 0) is 4.79 Å². The molecule has 0 fully saturated rings. The molecule has 4 heteroatoms. The number of nitrogens with zero attached hydrogens (tertiary/aromatic N) is 1. The van der Waals surface area contributed by atoms with Gasteiger partial charge in [0.05, 0.1) is 11.6 Å². The summed E-state index contributed by atoms with van der Waals surface area (Å²) in [6.07, 6.45) is 4.39. The third-order valence-corrected chi connectivity index (χ3v) is 2.15. The molecule has 0 atom stereocenters. The Morgan fingerprint density at radius 3 is 2.71 bits per heavy atom. The molecular weight excluding hydrogens is 216 g/mol. The zero-order valence-corrected chi connectivity index (χ0v) is 9.39. The molecule has 0 aliphatic heterocycles. The minimum atomic E-state index is -0.912. The maximum Gasteiger partial charge on any atom is 0.327 e. The van der Waals surface area contributed by atoms with Crippen molar-refractivity contribution in [3.8, 4) is 6.07 Å². The minimum absolute atomic E-state index is 0.639. The molecule has 0 amide bonds. The van der Waals surface area contributed by atoms with E-state index in [2.05, 4.69) is 11.4 Å². The zero-order chi connectivity index (χ0) is 12.5. The first-order valence-electron chi connectivity index (χ1n) is 5.36. The molecule has 0 spiro atoms. The summed E-state index contributed by atoms with van der Waals surface area (Å²) >= 11 is 0. The number of nitrogens with one attached hydrogen (secondary N) is 1. The average molecular weight is 230 g/mol. The number of hydrogen-bond donors (Lipinski definition) is 2. The third-order valence-electron chi connectivity index (χ3n) is 2.15. The van der Waals surface area contributed by atoms with Crippen molar-refractivity contribution in [2.24, 2.45) is 0 Å². The highest BCUT2D eigenvalue weighted by Gasteiger charge is 1.92. The van der Waals surface area contributed by atoms with Crippen LogP contribution in [0.4, 0.5) is 5.69 Å². The molecule has 0 aromatic heterocycles. The number of allylic oxidation sites excluding steroid dienone is 1. The topological polar surface area (TPSA) is 73.1 Å². The summed E-state index contributed by atoms with van der Waals surface area (Å²) in [7, 11) is 0. The van der Waals surface area contributed by atoms with Crippen LogP contribution in [0.3, 0.4) is 0 Å². The van der Waals surface area contributed by atoms with E-state index in [1.165, 1.54) is 0 Å². The number of aliphatic carboxylic acids is 1. The van der Waals surface area contributed by atoms with E-state index in [1.54, 1.807) is 18.2 Å². The highest BCUT2D eigenvalue weighted by atomic mass is 16.4. The van der Waals surface area contributed by atoms with Crippen molar-refractivity contribution in [1.29, 1.82) is 5.26 Å². The van der Waals surface area contributed by atoms with Gasteiger partial charge in [0.1, 0.15) is 0 Å². The van der Waals surface area contributed by atoms with Crippen LogP contribution in [-0.4, -0.2) is 17.6 Å². The highest BCUT2D eigenvalue weighted by Crippen LogP contribution is 2.08. The van der Waals surface area contributed by atoms with E-state index in [1.807, 2.05) is 12.1 Å². The van der Waals surface area contributed by atoms with Crippen molar-refractivity contribution in [3.63, 3.8) is 0 Å². The first kappa shape index (κ1) is 12.8. The Morgan fingerprint density at radius 2 is 2.12 bits per heavy atom. The van der Waals surface area contributed by atoms with Gasteiger partial charge in [-0.1, -0.05) is 6.08 Å². The second-order valence-corrected chi connectivity index (χ2v) is 3.50. The summed E-state index contributed by atoms with van der Waals surface area (Å²) in [5.74, 6) is -0.912. The SMILES string of the molecule is N#Cc1ccc(NCCC/C=C/C(=O)O)cc1. The van der Waals surface area contributed by atoms with Gasteiger partial charge in [0.25, 0.3) is 0 Å². The molecule has 0 radical (unpaired) electrons. The second kappa shape index (κ2) is 7.07. The molecule has 0 aliphatic carbocycles. The molecule has 4 nitrogen and oxygen atoms in total. The number of carboxylic acid groups (broad SMARTS) is 1. The maximum atomic E-state index is 10.2. The van der Waals surface area contributed by atoms with E-state index >= 15 is 0 Å². The fraction of sp³-hybridized carbons (Fsp3) is 0.231. The summed E-state index contributed by atoms with van der Waals surface area (Å²) < 4.78 is 0. The van der Waals surface area contributed by atoms with Crippen LogP contribution in [0.25, 0.3) is 0 Å². The largest absolute Gasteiger partial charge is 0.478 e. The lowest BCUT2D eigenvalue weighted by Crippen LogP contribution is -2.00. The predicted octanol–water partition coefficient (Wildman–Crippen LogP) is 2.39. The molecule has 1 aromatic rings. The van der Waals surface area contributed by atoms with Crippen LogP contribution < -0.4 is 5.32 Å². The molecule has 1 rings (SSSR count). The standard InChI is InChI=1S/C13H14N2O2/c14-10-11-5-7-12(8-6-11)15-9-3-1-2-4-13(16)17/h2,4-8,15H,1,3,9H2,(H,16,17)/b4-2+. The van der Waals surface area contributed by atoms with E-state index in [4.69, 9.17) is 10.4 Å². The molecule has 1 aromatic carbocycles. The highest BCUT2D eigenvalue weighted by molar-refractivity contribution is 5.79. The minimum Gasteiger partial charge on any atom is -0.478 e. The lowest BCUT2D eigenvalue weighted by atomic mass is 10.2. The lowest BCUT2D eigenvalue weighted by Gasteiger charge is -2.04. The Morgan fingerprint density at radius 1 is 1.41 bits per heavy atom. The number of carbonyl (C=O) groups is 1. The van der Waals surface area contributed by atoms with Crippen LogP contribution in [0.2, 0.25) is 0 Å². The Balaban J connectivity index is 2.22. The van der Waals surface area contributed by atoms with Gasteiger partial charge in [0, 0.05) is 18.3 Å². The van der Waals surface area contributed by atoms with E-state index in [0.717, 1.165) is 31.1 Å². The van der Waals surface area contributed by atoms with Gasteiger partial charge in [-0.2, -0.15) is 5.26 Å². The zero-order valence-electron chi connectivity index (χ0n) is 9.39. The van der Waals surface area contributed by atoms with Gasteiger partial charge in [0.2, 0.25) is 0 Å². The van der Waals surface area contributed by atoms with Crippen LogP contribution in [0.15, 0.2) is 36.4 Å². The monoisotopic (exact) mass is 230 g/mol. The first-order valence-corrected chi connectivity index (χ1v) is 5.36. The molecule has 2 N–H and O–H groups in total. The maximum absolute atomic E-state index is 10.2. The summed E-state index contributed by atoms with van der Waals surface area (Å²) in [6, 6.07) is 9.28. The fourth-order valence-corrected chi connectivity index (χ4v) is 1.30. The molecule has 0 unspecified atom stereocenters. The van der Waals surface area contributed by atoms with Gasteiger partial charge in [-0.3, -0.25) is 0 Å². The number of unbranched alkanes of at least 4 members (excludes halogenated alkanes) is 1. The van der Waals surface area contributed by atoms with E-state index in [9.17, 15) is 4.79 Å². The van der Waals surface area contributed by atoms with Crippen molar-refractivity contribution < 1.29 is 9.90 Å². The van der Waals surface area contributed by atoms with E-state index < -0.39 is 5.97 Å². The molecule has 0 heterocycles. The number of rotatable bonds is 6.